The van der Waals surface area contributed by atoms with Gasteiger partial charge in [0.2, 0.25) is 0 Å². The Morgan fingerprint density at radius 2 is 1.88 bits per heavy atom. The van der Waals surface area contributed by atoms with E-state index in [1.54, 1.807) is 0 Å². The van der Waals surface area contributed by atoms with Crippen LogP contribution in [-0.2, 0) is 0 Å². The molecular formula is C23H27N3. The maximum Gasteiger partial charge on any atom is 0.130 e. The Bertz CT molecular complexity index is 941. The van der Waals surface area contributed by atoms with Crippen LogP contribution in [0.1, 0.15) is 50.8 Å². The quantitative estimate of drug-likeness (QED) is 0.557. The molecule has 0 saturated heterocycles. The summed E-state index contributed by atoms with van der Waals surface area (Å²) in [6.07, 6.45) is 5.94. The van der Waals surface area contributed by atoms with Crippen LogP contribution in [0.5, 0.6) is 0 Å². The highest BCUT2D eigenvalue weighted by Gasteiger charge is 2.08. The Morgan fingerprint density at radius 3 is 2.58 bits per heavy atom. The molecule has 26 heavy (non-hydrogen) atoms. The molecule has 0 spiro atoms. The molecule has 1 N–H and O–H groups in total. The number of nitrogens with zero attached hydrogens (tertiary/aromatic N) is 2. The summed E-state index contributed by atoms with van der Waals surface area (Å²) >= 11 is 0. The lowest BCUT2D eigenvalue weighted by Gasteiger charge is -2.12. The predicted molar refractivity (Wildman–Crippen MR) is 111 cm³/mol. The molecule has 3 aromatic rings. The zero-order valence-corrected chi connectivity index (χ0v) is 16.1. The van der Waals surface area contributed by atoms with Crippen molar-refractivity contribution in [1.29, 1.82) is 0 Å². The largest absolute Gasteiger partial charge is 0.344 e. The maximum atomic E-state index is 4.62. The van der Waals surface area contributed by atoms with E-state index in [4.69, 9.17) is 0 Å². The van der Waals surface area contributed by atoms with E-state index in [0.29, 0.717) is 5.92 Å². The van der Waals surface area contributed by atoms with E-state index in [9.17, 15) is 0 Å². The first-order chi connectivity index (χ1) is 12.5. The molecule has 3 nitrogen and oxygen atoms in total. The molecule has 0 bridgehead atoms. The number of rotatable bonds is 6. The van der Waals surface area contributed by atoms with E-state index < -0.39 is 0 Å². The molecule has 1 aromatic carbocycles. The molecule has 0 saturated carbocycles. The summed E-state index contributed by atoms with van der Waals surface area (Å²) in [6.45, 7) is 12.7. The number of anilines is 1. The summed E-state index contributed by atoms with van der Waals surface area (Å²) < 4.78 is 0. The number of aryl methyl sites for hydroxylation is 1. The molecular weight excluding hydrogens is 318 g/mol. The van der Waals surface area contributed by atoms with Crippen molar-refractivity contribution in [1.82, 2.24) is 9.97 Å². The second kappa shape index (κ2) is 7.69. The van der Waals surface area contributed by atoms with Crippen LogP contribution in [0.4, 0.5) is 5.82 Å². The van der Waals surface area contributed by atoms with Crippen molar-refractivity contribution in [2.24, 2.45) is 0 Å². The molecule has 0 amide bonds. The molecule has 2 aromatic heterocycles. The third-order valence-corrected chi connectivity index (χ3v) is 4.61. The van der Waals surface area contributed by atoms with Gasteiger partial charge in [0.05, 0.1) is 0 Å². The summed E-state index contributed by atoms with van der Waals surface area (Å²) in [4.78, 5) is 9.16. The predicted octanol–water partition coefficient (Wildman–Crippen LogP) is 6.45. The first-order valence-corrected chi connectivity index (χ1v) is 9.29. The molecule has 0 aliphatic carbocycles. The minimum Gasteiger partial charge on any atom is -0.344 e. The zero-order valence-electron chi connectivity index (χ0n) is 16.1. The monoisotopic (exact) mass is 345 g/mol. The molecule has 134 valence electrons. The average Bonchev–Trinajstić information content (AvgIpc) is 2.61. The third kappa shape index (κ3) is 3.93. The van der Waals surface area contributed by atoms with Gasteiger partial charge >= 0.3 is 0 Å². The smallest absolute Gasteiger partial charge is 0.130 e. The van der Waals surface area contributed by atoms with Gasteiger partial charge in [-0.3, -0.25) is 4.98 Å². The van der Waals surface area contributed by atoms with Crippen LogP contribution >= 0.6 is 0 Å². The summed E-state index contributed by atoms with van der Waals surface area (Å²) in [7, 11) is 0. The number of hydrogen-bond acceptors (Lipinski definition) is 3. The molecule has 0 unspecified atom stereocenters. The Hall–Kier alpha value is -2.68. The number of fused-ring (bicyclic) bond motifs is 1. The van der Waals surface area contributed by atoms with Gasteiger partial charge in [0.15, 0.2) is 0 Å². The van der Waals surface area contributed by atoms with Crippen LogP contribution < -0.4 is 5.32 Å². The van der Waals surface area contributed by atoms with Crippen LogP contribution in [0.2, 0.25) is 0 Å². The molecule has 3 rings (SSSR count). The number of hydrogen-bond donors (Lipinski definition) is 1. The second-order valence-electron chi connectivity index (χ2n) is 7.19. The minimum absolute atomic E-state index is 0.442. The van der Waals surface area contributed by atoms with Gasteiger partial charge in [-0.1, -0.05) is 45.9 Å². The lowest BCUT2D eigenvalue weighted by Crippen LogP contribution is -1.99. The van der Waals surface area contributed by atoms with E-state index in [-0.39, 0.29) is 0 Å². The normalized spacial score (nSPS) is 11.1. The lowest BCUT2D eigenvalue weighted by atomic mass is 9.98. The number of benzene rings is 1. The van der Waals surface area contributed by atoms with Crippen molar-refractivity contribution in [2.45, 2.75) is 46.5 Å². The van der Waals surface area contributed by atoms with Gasteiger partial charge in [0.25, 0.3) is 0 Å². The van der Waals surface area contributed by atoms with Gasteiger partial charge < -0.3 is 5.32 Å². The van der Waals surface area contributed by atoms with Gasteiger partial charge in [-0.2, -0.15) is 0 Å². The Morgan fingerprint density at radius 1 is 1.08 bits per heavy atom. The zero-order chi connectivity index (χ0) is 18.7. The highest BCUT2D eigenvalue weighted by molar-refractivity contribution is 5.88. The SMILES string of the molecule is C=C(CCC)Nc1cc2ccc(-c3cnc(C(C)C)cc3C)cc2cn1. The van der Waals surface area contributed by atoms with Crippen LogP contribution in [-0.4, -0.2) is 9.97 Å². The van der Waals surface area contributed by atoms with Crippen molar-refractivity contribution in [3.8, 4) is 11.1 Å². The molecule has 0 radical (unpaired) electrons. The van der Waals surface area contributed by atoms with E-state index in [0.717, 1.165) is 35.4 Å². The lowest BCUT2D eigenvalue weighted by molar-refractivity contribution is 0.821. The molecule has 2 heterocycles. The van der Waals surface area contributed by atoms with Crippen LogP contribution in [0.15, 0.2) is 55.0 Å². The average molecular weight is 345 g/mol. The maximum absolute atomic E-state index is 4.62. The highest BCUT2D eigenvalue weighted by atomic mass is 15.0. The molecule has 0 fully saturated rings. The minimum atomic E-state index is 0.442. The van der Waals surface area contributed by atoms with Gasteiger partial charge in [-0.25, -0.2) is 4.98 Å². The molecule has 0 aliphatic heterocycles. The Labute approximate surface area is 156 Å². The summed E-state index contributed by atoms with van der Waals surface area (Å²) in [5, 5.41) is 5.58. The van der Waals surface area contributed by atoms with Gasteiger partial charge in [0.1, 0.15) is 5.82 Å². The molecule has 0 aliphatic rings. The van der Waals surface area contributed by atoms with Crippen LogP contribution in [0.25, 0.3) is 21.9 Å². The number of nitrogens with one attached hydrogen (secondary N) is 1. The van der Waals surface area contributed by atoms with Crippen LogP contribution in [0.3, 0.4) is 0 Å². The Balaban J connectivity index is 1.91. The third-order valence-electron chi connectivity index (χ3n) is 4.61. The van der Waals surface area contributed by atoms with Crippen molar-refractivity contribution in [2.75, 3.05) is 5.32 Å². The van der Waals surface area contributed by atoms with Gasteiger partial charge in [-0.15, -0.1) is 0 Å². The number of allylic oxidation sites excluding steroid dienone is 1. The topological polar surface area (TPSA) is 37.8 Å². The van der Waals surface area contributed by atoms with Crippen molar-refractivity contribution < 1.29 is 0 Å². The molecule has 0 atom stereocenters. The van der Waals surface area contributed by atoms with E-state index in [1.165, 1.54) is 22.1 Å². The number of pyridine rings is 2. The van der Waals surface area contributed by atoms with E-state index in [2.05, 4.69) is 79.9 Å². The van der Waals surface area contributed by atoms with Crippen molar-refractivity contribution in [3.05, 3.63) is 66.3 Å². The van der Waals surface area contributed by atoms with E-state index in [1.807, 2.05) is 12.4 Å². The standard InChI is InChI=1S/C23H27N3/c1-6-7-17(5)26-23-12-18-8-9-19(11-20(18)13-25-23)21-14-24-22(15(2)3)10-16(21)4/h8-15H,5-7H2,1-4H3,(H,25,26). The van der Waals surface area contributed by atoms with Crippen molar-refractivity contribution >= 4 is 16.6 Å². The fourth-order valence-corrected chi connectivity index (χ4v) is 3.12. The fraction of sp³-hybridized carbons (Fsp3) is 0.304. The Kier molecular flexibility index (Phi) is 5.36. The summed E-state index contributed by atoms with van der Waals surface area (Å²) in [5.41, 5.74) is 5.75. The van der Waals surface area contributed by atoms with Crippen LogP contribution in [0, 0.1) is 6.92 Å². The van der Waals surface area contributed by atoms with Crippen molar-refractivity contribution in [3.63, 3.8) is 0 Å². The van der Waals surface area contributed by atoms with Gasteiger partial charge in [-0.05, 0) is 54.0 Å². The first kappa shape index (κ1) is 18.1. The molecule has 3 heteroatoms. The highest BCUT2D eigenvalue weighted by Crippen LogP contribution is 2.28. The summed E-state index contributed by atoms with van der Waals surface area (Å²) in [5.74, 6) is 1.29. The second-order valence-corrected chi connectivity index (χ2v) is 7.19. The van der Waals surface area contributed by atoms with E-state index >= 15 is 0 Å². The number of aromatic nitrogens is 2. The fourth-order valence-electron chi connectivity index (χ4n) is 3.12. The summed E-state index contributed by atoms with van der Waals surface area (Å²) in [6, 6.07) is 10.8. The first-order valence-electron chi connectivity index (χ1n) is 9.29. The van der Waals surface area contributed by atoms with Gasteiger partial charge in [0, 0.05) is 34.7 Å².